The van der Waals surface area contributed by atoms with Gasteiger partial charge in [-0.1, -0.05) is 0 Å². The molecule has 10 heteroatoms. The van der Waals surface area contributed by atoms with Gasteiger partial charge in [0.1, 0.15) is 16.4 Å². The summed E-state index contributed by atoms with van der Waals surface area (Å²) in [7, 11) is 0. The summed E-state index contributed by atoms with van der Waals surface area (Å²) in [5.74, 6) is 0.598. The molecule has 0 spiro atoms. The Bertz CT molecular complexity index is 839. The Kier molecular flexibility index (Phi) is 6.57. The van der Waals surface area contributed by atoms with E-state index in [2.05, 4.69) is 15.2 Å². The zero-order valence-corrected chi connectivity index (χ0v) is 14.1. The van der Waals surface area contributed by atoms with E-state index in [0.29, 0.717) is 23.8 Å². The minimum atomic E-state index is -0.650. The van der Waals surface area contributed by atoms with E-state index in [1.165, 1.54) is 18.3 Å². The Labute approximate surface area is 148 Å². The number of nitro groups is 1. The van der Waals surface area contributed by atoms with E-state index in [1.54, 1.807) is 31.2 Å². The molecule has 0 aliphatic heterocycles. The second-order valence-corrected chi connectivity index (χ2v) is 4.86. The van der Waals surface area contributed by atoms with Gasteiger partial charge in [0.15, 0.2) is 11.6 Å². The van der Waals surface area contributed by atoms with Gasteiger partial charge in [-0.3, -0.25) is 20.8 Å². The van der Waals surface area contributed by atoms with Crippen molar-refractivity contribution in [2.75, 3.05) is 6.61 Å². The summed E-state index contributed by atoms with van der Waals surface area (Å²) in [6, 6.07) is 9.57. The van der Waals surface area contributed by atoms with Crippen molar-refractivity contribution in [2.45, 2.75) is 13.8 Å². The van der Waals surface area contributed by atoms with Crippen LogP contribution in [0.5, 0.6) is 5.75 Å². The Morgan fingerprint density at radius 1 is 1.35 bits per heavy atom. The third kappa shape index (κ3) is 5.24. The van der Waals surface area contributed by atoms with E-state index in [4.69, 9.17) is 9.15 Å². The second-order valence-electron chi connectivity index (χ2n) is 4.86. The van der Waals surface area contributed by atoms with Gasteiger partial charge in [0, 0.05) is 0 Å². The molecule has 10 nitrogen and oxygen atoms in total. The molecule has 26 heavy (non-hydrogen) atoms. The van der Waals surface area contributed by atoms with Crippen LogP contribution in [0.3, 0.4) is 0 Å². The van der Waals surface area contributed by atoms with Crippen molar-refractivity contribution in [3.63, 3.8) is 0 Å². The molecular weight excluding hydrogens is 342 g/mol. The molecule has 136 valence electrons. The van der Waals surface area contributed by atoms with Gasteiger partial charge in [0.2, 0.25) is 0 Å². The van der Waals surface area contributed by atoms with Crippen molar-refractivity contribution in [3.05, 3.63) is 52.3 Å². The highest BCUT2D eigenvalue weighted by Crippen LogP contribution is 2.18. The molecule has 1 aromatic heterocycles. The highest BCUT2D eigenvalue weighted by Gasteiger charge is 2.10. The lowest BCUT2D eigenvalue weighted by Gasteiger charge is -2.05. The third-order valence-corrected chi connectivity index (χ3v) is 3.02. The van der Waals surface area contributed by atoms with E-state index in [9.17, 15) is 15.3 Å². The second kappa shape index (κ2) is 9.08. The minimum Gasteiger partial charge on any atom is -0.494 e. The molecular formula is C16H17N5O5. The Balaban J connectivity index is 2.10. The van der Waals surface area contributed by atoms with Crippen LogP contribution in [0.1, 0.15) is 19.6 Å². The molecule has 0 aliphatic rings. The molecule has 2 N–H and O–H groups in total. The summed E-state index contributed by atoms with van der Waals surface area (Å²) in [5.41, 5.74) is 2.82. The van der Waals surface area contributed by atoms with Crippen LogP contribution in [-0.2, 0) is 0 Å². The number of hydroxylamine groups is 1. The number of hydrogen-bond donors (Lipinski definition) is 2. The SMILES string of the molecule is CCOc1ccc(N=C(NO)/C(C)=N/N=C/c2ccc([N+](=O)[O-])o2)cc1. The summed E-state index contributed by atoms with van der Waals surface area (Å²) in [6.45, 7) is 4.04. The van der Waals surface area contributed by atoms with Crippen LogP contribution in [0, 0.1) is 10.1 Å². The standard InChI is InChI=1S/C16H17N5O5/c1-3-25-13-6-4-12(5-7-13)18-16(20-22)11(2)19-17-10-14-8-9-15(26-14)21(23)24/h4-10,22H,3H2,1-2H3,(H,18,20)/b17-10+,19-11+. The summed E-state index contributed by atoms with van der Waals surface area (Å²) in [5, 5.41) is 27.4. The first-order chi connectivity index (χ1) is 12.5. The Morgan fingerprint density at radius 2 is 2.08 bits per heavy atom. The first-order valence-corrected chi connectivity index (χ1v) is 7.57. The molecule has 0 aliphatic carbocycles. The van der Waals surface area contributed by atoms with Crippen LogP contribution in [0.4, 0.5) is 11.6 Å². The van der Waals surface area contributed by atoms with Gasteiger partial charge in [0.05, 0.1) is 24.6 Å². The zero-order chi connectivity index (χ0) is 18.9. The van der Waals surface area contributed by atoms with Crippen LogP contribution in [0.25, 0.3) is 0 Å². The lowest BCUT2D eigenvalue weighted by Crippen LogP contribution is -2.26. The monoisotopic (exact) mass is 359 g/mol. The summed E-state index contributed by atoms with van der Waals surface area (Å²) >= 11 is 0. The average molecular weight is 359 g/mol. The highest BCUT2D eigenvalue weighted by molar-refractivity contribution is 6.40. The lowest BCUT2D eigenvalue weighted by atomic mass is 10.3. The molecule has 0 radical (unpaired) electrons. The van der Waals surface area contributed by atoms with Crippen LogP contribution in [0.15, 0.2) is 56.0 Å². The maximum atomic E-state index is 10.5. The highest BCUT2D eigenvalue weighted by atomic mass is 16.6. The molecule has 1 heterocycles. The molecule has 0 saturated carbocycles. The van der Waals surface area contributed by atoms with Gasteiger partial charge in [-0.2, -0.15) is 10.2 Å². The fourth-order valence-corrected chi connectivity index (χ4v) is 1.83. The quantitative estimate of drug-likeness (QED) is 0.337. The van der Waals surface area contributed by atoms with Gasteiger partial charge in [-0.05, 0) is 44.2 Å². The normalized spacial score (nSPS) is 12.4. The minimum absolute atomic E-state index is 0.0942. The number of nitrogens with one attached hydrogen (secondary N) is 1. The Hall–Kier alpha value is -3.53. The van der Waals surface area contributed by atoms with Crippen LogP contribution in [0.2, 0.25) is 0 Å². The predicted octanol–water partition coefficient (Wildman–Crippen LogP) is 3.09. The molecule has 2 rings (SSSR count). The smallest absolute Gasteiger partial charge is 0.433 e. The van der Waals surface area contributed by atoms with Crippen LogP contribution >= 0.6 is 0 Å². The van der Waals surface area contributed by atoms with Gasteiger partial charge in [-0.25, -0.2) is 4.99 Å². The van der Waals surface area contributed by atoms with E-state index < -0.39 is 4.92 Å². The van der Waals surface area contributed by atoms with Crippen LogP contribution in [-0.4, -0.2) is 34.5 Å². The maximum Gasteiger partial charge on any atom is 0.433 e. The van der Waals surface area contributed by atoms with Crippen molar-refractivity contribution in [3.8, 4) is 5.75 Å². The molecule has 2 aromatic rings. The van der Waals surface area contributed by atoms with Crippen molar-refractivity contribution in [1.29, 1.82) is 0 Å². The first kappa shape index (κ1) is 18.8. The van der Waals surface area contributed by atoms with Crippen LogP contribution < -0.4 is 10.2 Å². The molecule has 1 aromatic carbocycles. The number of ether oxygens (including phenoxy) is 1. The number of amidine groups is 1. The predicted molar refractivity (Wildman–Crippen MR) is 95.7 cm³/mol. The fraction of sp³-hybridized carbons (Fsp3) is 0.188. The summed E-state index contributed by atoms with van der Waals surface area (Å²) in [4.78, 5) is 14.1. The number of aliphatic imine (C=N–C) groups is 1. The number of hydrogen-bond acceptors (Lipinski definition) is 8. The summed E-state index contributed by atoms with van der Waals surface area (Å²) < 4.78 is 10.3. The van der Waals surface area contributed by atoms with Crippen molar-refractivity contribution in [2.24, 2.45) is 15.2 Å². The maximum absolute atomic E-state index is 10.5. The van der Waals surface area contributed by atoms with Gasteiger partial charge in [-0.15, -0.1) is 0 Å². The summed E-state index contributed by atoms with van der Waals surface area (Å²) in [6.07, 6.45) is 1.21. The fourth-order valence-electron chi connectivity index (χ4n) is 1.83. The number of rotatable bonds is 7. The van der Waals surface area contributed by atoms with Gasteiger partial charge in [0.25, 0.3) is 0 Å². The van der Waals surface area contributed by atoms with Crippen molar-refractivity contribution >= 4 is 29.3 Å². The molecule has 0 fully saturated rings. The number of benzene rings is 1. The zero-order valence-electron chi connectivity index (χ0n) is 14.1. The van der Waals surface area contributed by atoms with Crippen molar-refractivity contribution < 1.29 is 19.3 Å². The topological polar surface area (TPSA) is 135 Å². The Morgan fingerprint density at radius 3 is 2.65 bits per heavy atom. The first-order valence-electron chi connectivity index (χ1n) is 7.57. The number of furan rings is 1. The molecule has 0 saturated heterocycles. The number of nitrogens with zero attached hydrogens (tertiary/aromatic N) is 4. The third-order valence-electron chi connectivity index (χ3n) is 3.02. The van der Waals surface area contributed by atoms with E-state index in [-0.39, 0.29) is 17.5 Å². The van der Waals surface area contributed by atoms with Crippen molar-refractivity contribution in [1.82, 2.24) is 5.48 Å². The van der Waals surface area contributed by atoms with E-state index in [0.717, 1.165) is 0 Å². The molecule has 0 atom stereocenters. The van der Waals surface area contributed by atoms with Gasteiger partial charge >= 0.3 is 5.88 Å². The molecule has 0 bridgehead atoms. The molecule has 0 unspecified atom stereocenters. The van der Waals surface area contributed by atoms with Gasteiger partial charge < -0.3 is 9.15 Å². The lowest BCUT2D eigenvalue weighted by molar-refractivity contribution is -0.402. The molecule has 0 amide bonds. The largest absolute Gasteiger partial charge is 0.494 e. The van der Waals surface area contributed by atoms with E-state index >= 15 is 0 Å². The van der Waals surface area contributed by atoms with E-state index in [1.807, 2.05) is 12.4 Å². The average Bonchev–Trinajstić information content (AvgIpc) is 3.10.